The summed E-state index contributed by atoms with van der Waals surface area (Å²) in [6.45, 7) is 0. The SMILES string of the molecule is CSCC[C@@H](N)c1nc(-c2ccccc2)n[nH]1. The Morgan fingerprint density at radius 3 is 2.82 bits per heavy atom. The number of rotatable bonds is 5. The lowest BCUT2D eigenvalue weighted by atomic mass is 10.2. The second kappa shape index (κ2) is 5.84. The van der Waals surface area contributed by atoms with Crippen molar-refractivity contribution >= 4 is 11.8 Å². The molecule has 0 unspecified atom stereocenters. The molecular weight excluding hydrogens is 232 g/mol. The summed E-state index contributed by atoms with van der Waals surface area (Å²) in [6.07, 6.45) is 2.98. The molecule has 1 aromatic heterocycles. The molecule has 0 saturated carbocycles. The number of benzene rings is 1. The molecule has 3 N–H and O–H groups in total. The van der Waals surface area contributed by atoms with Crippen molar-refractivity contribution in [3.8, 4) is 11.4 Å². The largest absolute Gasteiger partial charge is 0.321 e. The second-order valence-electron chi connectivity index (χ2n) is 3.80. The van der Waals surface area contributed by atoms with Gasteiger partial charge in [-0.15, -0.1) is 0 Å². The van der Waals surface area contributed by atoms with E-state index < -0.39 is 0 Å². The third-order valence-electron chi connectivity index (χ3n) is 2.52. The molecule has 1 atom stereocenters. The summed E-state index contributed by atoms with van der Waals surface area (Å²) in [4.78, 5) is 4.43. The molecular formula is C12H16N4S. The fourth-order valence-electron chi connectivity index (χ4n) is 1.54. The van der Waals surface area contributed by atoms with Crippen molar-refractivity contribution in [3.05, 3.63) is 36.2 Å². The number of aromatic amines is 1. The summed E-state index contributed by atoms with van der Waals surface area (Å²) in [5.41, 5.74) is 7.03. The van der Waals surface area contributed by atoms with Crippen LogP contribution in [0.5, 0.6) is 0 Å². The third kappa shape index (κ3) is 3.08. The van der Waals surface area contributed by atoms with E-state index in [0.29, 0.717) is 5.82 Å². The Morgan fingerprint density at radius 2 is 2.12 bits per heavy atom. The standard InChI is InChI=1S/C12H16N4S/c1-17-8-7-10(13)12-14-11(15-16-12)9-5-3-2-4-6-9/h2-6,10H,7-8,13H2,1H3,(H,14,15,16)/t10-/m1/s1. The van der Waals surface area contributed by atoms with Crippen molar-refractivity contribution in [1.29, 1.82) is 0 Å². The molecule has 0 aliphatic carbocycles. The van der Waals surface area contributed by atoms with Crippen molar-refractivity contribution in [3.63, 3.8) is 0 Å². The van der Waals surface area contributed by atoms with E-state index >= 15 is 0 Å². The molecule has 2 rings (SSSR count). The lowest BCUT2D eigenvalue weighted by Crippen LogP contribution is -2.12. The number of nitrogens with one attached hydrogen (secondary N) is 1. The van der Waals surface area contributed by atoms with E-state index in [0.717, 1.165) is 23.6 Å². The van der Waals surface area contributed by atoms with Gasteiger partial charge in [-0.2, -0.15) is 16.9 Å². The summed E-state index contributed by atoms with van der Waals surface area (Å²) >= 11 is 1.79. The molecule has 0 radical (unpaired) electrons. The first-order valence-electron chi connectivity index (χ1n) is 5.53. The monoisotopic (exact) mass is 248 g/mol. The fourth-order valence-corrected chi connectivity index (χ4v) is 2.03. The van der Waals surface area contributed by atoms with E-state index in [-0.39, 0.29) is 6.04 Å². The Kier molecular flexibility index (Phi) is 4.17. The first-order chi connectivity index (χ1) is 8.31. The normalized spacial score (nSPS) is 12.6. The molecule has 1 heterocycles. The zero-order valence-electron chi connectivity index (χ0n) is 9.76. The van der Waals surface area contributed by atoms with Gasteiger partial charge in [-0.1, -0.05) is 30.3 Å². The van der Waals surface area contributed by atoms with Gasteiger partial charge in [-0.25, -0.2) is 4.98 Å². The molecule has 1 aromatic carbocycles. The highest BCUT2D eigenvalue weighted by Gasteiger charge is 2.11. The quantitative estimate of drug-likeness (QED) is 0.851. The molecule has 4 nitrogen and oxygen atoms in total. The zero-order valence-corrected chi connectivity index (χ0v) is 10.6. The van der Waals surface area contributed by atoms with Crippen molar-refractivity contribution < 1.29 is 0 Å². The van der Waals surface area contributed by atoms with E-state index in [1.165, 1.54) is 0 Å². The van der Waals surface area contributed by atoms with Gasteiger partial charge in [0, 0.05) is 5.56 Å². The molecule has 0 fully saturated rings. The highest BCUT2D eigenvalue weighted by molar-refractivity contribution is 7.98. The maximum absolute atomic E-state index is 6.03. The minimum absolute atomic E-state index is 0.0626. The number of hydrogen-bond acceptors (Lipinski definition) is 4. The van der Waals surface area contributed by atoms with Gasteiger partial charge in [0.15, 0.2) is 5.82 Å². The lowest BCUT2D eigenvalue weighted by molar-refractivity contribution is 0.658. The van der Waals surface area contributed by atoms with Crippen molar-refractivity contribution in [1.82, 2.24) is 15.2 Å². The Hall–Kier alpha value is -1.33. The Morgan fingerprint density at radius 1 is 1.35 bits per heavy atom. The number of hydrogen-bond donors (Lipinski definition) is 2. The second-order valence-corrected chi connectivity index (χ2v) is 4.78. The van der Waals surface area contributed by atoms with Gasteiger partial charge in [-0.3, -0.25) is 5.10 Å². The fraction of sp³-hybridized carbons (Fsp3) is 0.333. The molecule has 0 aliphatic heterocycles. The average Bonchev–Trinajstić information content (AvgIpc) is 2.86. The molecule has 90 valence electrons. The molecule has 0 saturated heterocycles. The highest BCUT2D eigenvalue weighted by atomic mass is 32.2. The van der Waals surface area contributed by atoms with Gasteiger partial charge in [0.25, 0.3) is 0 Å². The van der Waals surface area contributed by atoms with Crippen molar-refractivity contribution in [2.45, 2.75) is 12.5 Å². The van der Waals surface area contributed by atoms with E-state index in [1.54, 1.807) is 11.8 Å². The molecule has 0 amide bonds. The van der Waals surface area contributed by atoms with Gasteiger partial charge in [0.05, 0.1) is 6.04 Å². The van der Waals surface area contributed by atoms with E-state index in [9.17, 15) is 0 Å². The van der Waals surface area contributed by atoms with Crippen LogP contribution in [0.25, 0.3) is 11.4 Å². The van der Waals surface area contributed by atoms with Crippen LogP contribution in [0, 0.1) is 0 Å². The van der Waals surface area contributed by atoms with Crippen LogP contribution in [0.4, 0.5) is 0 Å². The van der Waals surface area contributed by atoms with Gasteiger partial charge < -0.3 is 5.73 Å². The van der Waals surface area contributed by atoms with Crippen molar-refractivity contribution in [2.24, 2.45) is 5.73 Å². The molecule has 2 aromatic rings. The smallest absolute Gasteiger partial charge is 0.181 e. The van der Waals surface area contributed by atoms with Crippen LogP contribution in [0.3, 0.4) is 0 Å². The lowest BCUT2D eigenvalue weighted by Gasteiger charge is -2.05. The van der Waals surface area contributed by atoms with E-state index in [4.69, 9.17) is 5.73 Å². The summed E-state index contributed by atoms with van der Waals surface area (Å²) in [6, 6.07) is 9.83. The Bertz CT molecular complexity index is 455. The van der Waals surface area contributed by atoms with Crippen LogP contribution in [-0.4, -0.2) is 27.2 Å². The summed E-state index contributed by atoms with van der Waals surface area (Å²) in [5, 5.41) is 7.11. The van der Waals surface area contributed by atoms with Crippen LogP contribution >= 0.6 is 11.8 Å². The first kappa shape index (κ1) is 12.1. The maximum Gasteiger partial charge on any atom is 0.181 e. The molecule has 17 heavy (non-hydrogen) atoms. The summed E-state index contributed by atoms with van der Waals surface area (Å²) in [7, 11) is 0. The number of thioether (sulfide) groups is 1. The third-order valence-corrected chi connectivity index (χ3v) is 3.16. The minimum Gasteiger partial charge on any atom is -0.321 e. The van der Waals surface area contributed by atoms with E-state index in [2.05, 4.69) is 21.4 Å². The highest BCUT2D eigenvalue weighted by Crippen LogP contribution is 2.17. The Labute approximate surface area is 105 Å². The number of nitrogens with zero attached hydrogens (tertiary/aromatic N) is 2. The van der Waals surface area contributed by atoms with Crippen LogP contribution in [0.2, 0.25) is 0 Å². The van der Waals surface area contributed by atoms with Gasteiger partial charge in [0.2, 0.25) is 0 Å². The summed E-state index contributed by atoms with van der Waals surface area (Å²) < 4.78 is 0. The van der Waals surface area contributed by atoms with Crippen molar-refractivity contribution in [2.75, 3.05) is 12.0 Å². The molecule has 0 aliphatic rings. The summed E-state index contributed by atoms with van der Waals surface area (Å²) in [5.74, 6) is 2.50. The van der Waals surface area contributed by atoms with Gasteiger partial charge in [0.1, 0.15) is 5.82 Å². The molecule has 0 spiro atoms. The predicted octanol–water partition coefficient (Wildman–Crippen LogP) is 2.22. The number of aromatic nitrogens is 3. The maximum atomic E-state index is 6.03. The van der Waals surface area contributed by atoms with Crippen LogP contribution in [-0.2, 0) is 0 Å². The average molecular weight is 248 g/mol. The zero-order chi connectivity index (χ0) is 12.1. The first-order valence-corrected chi connectivity index (χ1v) is 6.93. The predicted molar refractivity (Wildman–Crippen MR) is 71.7 cm³/mol. The topological polar surface area (TPSA) is 67.6 Å². The van der Waals surface area contributed by atoms with Gasteiger partial charge in [-0.05, 0) is 18.4 Å². The molecule has 0 bridgehead atoms. The Balaban J connectivity index is 2.11. The van der Waals surface area contributed by atoms with Crippen LogP contribution < -0.4 is 5.73 Å². The van der Waals surface area contributed by atoms with E-state index in [1.807, 2.05) is 30.3 Å². The minimum atomic E-state index is -0.0626. The number of nitrogens with two attached hydrogens (primary N) is 1. The number of H-pyrrole nitrogens is 1. The van der Waals surface area contributed by atoms with Gasteiger partial charge >= 0.3 is 0 Å². The molecule has 5 heteroatoms. The van der Waals surface area contributed by atoms with Crippen LogP contribution in [0.15, 0.2) is 30.3 Å². The van der Waals surface area contributed by atoms with Crippen LogP contribution in [0.1, 0.15) is 18.3 Å².